The number of phenolic OH excluding ortho intramolecular Hbond substituents is 1. The number of phenols is 1. The molecule has 0 saturated carbocycles. The van der Waals surface area contributed by atoms with Crippen LogP contribution in [0.15, 0.2) is 72.4 Å². The second-order valence-corrected chi connectivity index (χ2v) is 5.43. The molecule has 0 saturated heterocycles. The number of benzene rings is 2. The average molecular weight is 347 g/mol. The molecule has 26 heavy (non-hydrogen) atoms. The van der Waals surface area contributed by atoms with Gasteiger partial charge in [-0.15, -0.1) is 0 Å². The maximum Gasteiger partial charge on any atom is 0.266 e. The fourth-order valence-electron chi connectivity index (χ4n) is 2.42. The smallest absolute Gasteiger partial charge is 0.266 e. The van der Waals surface area contributed by atoms with Crippen LogP contribution >= 0.6 is 0 Å². The van der Waals surface area contributed by atoms with Gasteiger partial charge in [0.2, 0.25) is 0 Å². The standard InChI is InChI=1S/C20H14FN3O2/c21-18-5-1-2-6-19(18)24-11-3-4-16(24)12-14(13-22)20(26)23-15-7-9-17(25)10-8-15/h1-12,25H,(H,23,26)/b14-12-. The van der Waals surface area contributed by atoms with Gasteiger partial charge in [-0.25, -0.2) is 4.39 Å². The Morgan fingerprint density at radius 1 is 1.12 bits per heavy atom. The topological polar surface area (TPSA) is 78.0 Å². The molecule has 2 N–H and O–H groups in total. The molecule has 0 unspecified atom stereocenters. The number of hydrogen-bond acceptors (Lipinski definition) is 3. The van der Waals surface area contributed by atoms with Crippen LogP contribution < -0.4 is 5.32 Å². The number of rotatable bonds is 4. The molecule has 1 amide bonds. The summed E-state index contributed by atoms with van der Waals surface area (Å²) in [5.74, 6) is -0.938. The SMILES string of the molecule is N#C/C(=C/c1cccn1-c1ccccc1F)C(=O)Nc1ccc(O)cc1. The van der Waals surface area contributed by atoms with Crippen LogP contribution in [0, 0.1) is 17.1 Å². The zero-order chi connectivity index (χ0) is 18.5. The van der Waals surface area contributed by atoms with Crippen LogP contribution in [-0.4, -0.2) is 15.6 Å². The van der Waals surface area contributed by atoms with Gasteiger partial charge in [-0.1, -0.05) is 12.1 Å². The number of halogens is 1. The molecule has 0 radical (unpaired) electrons. The van der Waals surface area contributed by atoms with Gasteiger partial charge in [-0.3, -0.25) is 4.79 Å². The number of para-hydroxylation sites is 1. The molecule has 0 spiro atoms. The maximum atomic E-state index is 14.0. The minimum atomic E-state index is -0.598. The van der Waals surface area contributed by atoms with Crippen LogP contribution in [0.3, 0.4) is 0 Å². The molecule has 6 heteroatoms. The van der Waals surface area contributed by atoms with Gasteiger partial charge in [0, 0.05) is 17.6 Å². The predicted octanol–water partition coefficient (Wildman–Crippen LogP) is 3.87. The molecular weight excluding hydrogens is 333 g/mol. The second kappa shape index (κ2) is 7.36. The van der Waals surface area contributed by atoms with Crippen molar-refractivity contribution in [2.75, 3.05) is 5.32 Å². The Morgan fingerprint density at radius 2 is 1.85 bits per heavy atom. The Bertz CT molecular complexity index is 1010. The highest BCUT2D eigenvalue weighted by molar-refractivity contribution is 6.09. The van der Waals surface area contributed by atoms with Crippen molar-refractivity contribution in [1.82, 2.24) is 4.57 Å². The van der Waals surface area contributed by atoms with Crippen molar-refractivity contribution < 1.29 is 14.3 Å². The minimum Gasteiger partial charge on any atom is -0.508 e. The number of hydrogen-bond donors (Lipinski definition) is 2. The Morgan fingerprint density at radius 3 is 2.54 bits per heavy atom. The first kappa shape index (κ1) is 17.0. The molecule has 5 nitrogen and oxygen atoms in total. The zero-order valence-electron chi connectivity index (χ0n) is 13.6. The molecule has 1 aromatic heterocycles. The van der Waals surface area contributed by atoms with E-state index in [1.54, 1.807) is 41.1 Å². The lowest BCUT2D eigenvalue weighted by molar-refractivity contribution is -0.112. The van der Waals surface area contributed by atoms with Crippen molar-refractivity contribution in [2.24, 2.45) is 0 Å². The number of carbonyl (C=O) groups is 1. The van der Waals surface area contributed by atoms with Crippen LogP contribution in [0.2, 0.25) is 0 Å². The Balaban J connectivity index is 1.90. The number of nitrogens with zero attached hydrogens (tertiary/aromatic N) is 2. The fraction of sp³-hybridized carbons (Fsp3) is 0. The van der Waals surface area contributed by atoms with Crippen LogP contribution in [0.5, 0.6) is 5.75 Å². The van der Waals surface area contributed by atoms with Crippen molar-refractivity contribution >= 4 is 17.7 Å². The Kier molecular flexibility index (Phi) is 4.81. The van der Waals surface area contributed by atoms with Gasteiger partial charge in [0.05, 0.1) is 5.69 Å². The predicted molar refractivity (Wildman–Crippen MR) is 96.1 cm³/mol. The monoisotopic (exact) mass is 347 g/mol. The van der Waals surface area contributed by atoms with Gasteiger partial charge in [0.15, 0.2) is 0 Å². The molecule has 0 aliphatic carbocycles. The van der Waals surface area contributed by atoms with Gasteiger partial charge in [-0.2, -0.15) is 5.26 Å². The van der Waals surface area contributed by atoms with E-state index in [1.165, 1.54) is 36.4 Å². The summed E-state index contributed by atoms with van der Waals surface area (Å²) < 4.78 is 15.6. The van der Waals surface area contributed by atoms with E-state index in [2.05, 4.69) is 5.32 Å². The van der Waals surface area contributed by atoms with E-state index >= 15 is 0 Å². The summed E-state index contributed by atoms with van der Waals surface area (Å²) in [7, 11) is 0. The second-order valence-electron chi connectivity index (χ2n) is 5.43. The third-order valence-electron chi connectivity index (χ3n) is 3.67. The number of amides is 1. The van der Waals surface area contributed by atoms with E-state index in [-0.39, 0.29) is 11.3 Å². The Labute approximate surface area is 149 Å². The Hall–Kier alpha value is -3.85. The average Bonchev–Trinajstić information content (AvgIpc) is 3.10. The van der Waals surface area contributed by atoms with E-state index < -0.39 is 11.7 Å². The van der Waals surface area contributed by atoms with Crippen molar-refractivity contribution in [3.63, 3.8) is 0 Å². The first-order chi connectivity index (χ1) is 12.6. The lowest BCUT2D eigenvalue weighted by atomic mass is 10.2. The van der Waals surface area contributed by atoms with Crippen molar-refractivity contribution in [1.29, 1.82) is 5.26 Å². The van der Waals surface area contributed by atoms with Crippen LogP contribution in [0.25, 0.3) is 11.8 Å². The molecule has 0 bridgehead atoms. The van der Waals surface area contributed by atoms with Gasteiger partial charge in [0.1, 0.15) is 23.2 Å². The number of anilines is 1. The highest BCUT2D eigenvalue weighted by atomic mass is 19.1. The van der Waals surface area contributed by atoms with E-state index in [1.807, 2.05) is 6.07 Å². The number of nitrogens with one attached hydrogen (secondary N) is 1. The number of carbonyl (C=O) groups excluding carboxylic acids is 1. The molecule has 3 rings (SSSR count). The minimum absolute atomic E-state index is 0.0711. The first-order valence-electron chi connectivity index (χ1n) is 7.73. The third-order valence-corrected chi connectivity index (χ3v) is 3.67. The highest BCUT2D eigenvalue weighted by Gasteiger charge is 2.12. The van der Waals surface area contributed by atoms with E-state index in [0.717, 1.165) is 0 Å². The lowest BCUT2D eigenvalue weighted by Gasteiger charge is -2.08. The van der Waals surface area contributed by atoms with Gasteiger partial charge >= 0.3 is 0 Å². The first-order valence-corrected chi connectivity index (χ1v) is 7.73. The lowest BCUT2D eigenvalue weighted by Crippen LogP contribution is -2.13. The van der Waals surface area contributed by atoms with E-state index in [9.17, 15) is 19.6 Å². The molecule has 1 heterocycles. The molecule has 0 aliphatic heterocycles. The molecule has 0 atom stereocenters. The molecule has 3 aromatic rings. The van der Waals surface area contributed by atoms with Crippen LogP contribution in [0.4, 0.5) is 10.1 Å². The molecule has 0 fully saturated rings. The van der Waals surface area contributed by atoms with Crippen LogP contribution in [-0.2, 0) is 4.79 Å². The number of nitriles is 1. The zero-order valence-corrected chi connectivity index (χ0v) is 13.6. The van der Waals surface area contributed by atoms with E-state index in [0.29, 0.717) is 17.1 Å². The van der Waals surface area contributed by atoms with Crippen molar-refractivity contribution in [3.05, 3.63) is 83.9 Å². The van der Waals surface area contributed by atoms with E-state index in [4.69, 9.17) is 0 Å². The van der Waals surface area contributed by atoms with Crippen molar-refractivity contribution in [2.45, 2.75) is 0 Å². The van der Waals surface area contributed by atoms with Gasteiger partial charge in [-0.05, 0) is 54.6 Å². The summed E-state index contributed by atoms with van der Waals surface area (Å²) in [5.41, 5.74) is 1.13. The van der Waals surface area contributed by atoms with Crippen LogP contribution in [0.1, 0.15) is 5.69 Å². The highest BCUT2D eigenvalue weighted by Crippen LogP contribution is 2.19. The quantitative estimate of drug-likeness (QED) is 0.427. The number of aromatic nitrogens is 1. The molecule has 2 aromatic carbocycles. The van der Waals surface area contributed by atoms with Crippen molar-refractivity contribution in [3.8, 4) is 17.5 Å². The summed E-state index contributed by atoms with van der Waals surface area (Å²) >= 11 is 0. The molecular formula is C20H14FN3O2. The number of aromatic hydroxyl groups is 1. The summed E-state index contributed by atoms with van der Waals surface area (Å²) in [6, 6.07) is 17.4. The summed E-state index contributed by atoms with van der Waals surface area (Å²) in [6.45, 7) is 0. The summed E-state index contributed by atoms with van der Waals surface area (Å²) in [6.07, 6.45) is 3.04. The fourth-order valence-corrected chi connectivity index (χ4v) is 2.42. The summed E-state index contributed by atoms with van der Waals surface area (Å²) in [4.78, 5) is 12.3. The van der Waals surface area contributed by atoms with Gasteiger partial charge < -0.3 is 15.0 Å². The molecule has 0 aliphatic rings. The summed E-state index contributed by atoms with van der Waals surface area (Å²) in [5, 5.41) is 21.2. The van der Waals surface area contributed by atoms with Gasteiger partial charge in [0.25, 0.3) is 5.91 Å². The largest absolute Gasteiger partial charge is 0.508 e. The normalized spacial score (nSPS) is 11.0. The maximum absolute atomic E-state index is 14.0. The molecule has 128 valence electrons. The third kappa shape index (κ3) is 3.62.